The van der Waals surface area contributed by atoms with Gasteiger partial charge in [-0.1, -0.05) is 41.1 Å². The first-order valence-electron chi connectivity index (χ1n) is 9.57. The molecule has 5 rings (SSSR count). The van der Waals surface area contributed by atoms with Crippen LogP contribution >= 0.6 is 31.9 Å². The second-order valence-corrected chi connectivity index (χ2v) is 9.57. The zero-order valence-corrected chi connectivity index (χ0v) is 19.6. The number of aryl methyl sites for hydroxylation is 2. The minimum Gasteiger partial charge on any atom is -0.496 e. The molecule has 148 valence electrons. The van der Waals surface area contributed by atoms with Gasteiger partial charge in [-0.15, -0.1) is 0 Å². The van der Waals surface area contributed by atoms with Crippen LogP contribution in [0.1, 0.15) is 36.0 Å². The van der Waals surface area contributed by atoms with Gasteiger partial charge in [0, 0.05) is 32.8 Å². The fourth-order valence-corrected chi connectivity index (χ4v) is 5.89. The van der Waals surface area contributed by atoms with Crippen molar-refractivity contribution in [1.29, 1.82) is 0 Å². The maximum Gasteiger partial charge on any atom is 0.149 e. The molecule has 29 heavy (non-hydrogen) atoms. The average molecular weight is 516 g/mol. The van der Waals surface area contributed by atoms with Crippen molar-refractivity contribution >= 4 is 42.8 Å². The molecule has 0 saturated heterocycles. The molecule has 0 unspecified atom stereocenters. The number of hydrogen-bond acceptors (Lipinski definition) is 3. The molecule has 0 saturated carbocycles. The maximum absolute atomic E-state index is 6.35. The van der Waals surface area contributed by atoms with E-state index in [1.165, 1.54) is 11.1 Å². The summed E-state index contributed by atoms with van der Waals surface area (Å²) in [6.45, 7) is 4.28. The Kier molecular flexibility index (Phi) is 4.44. The van der Waals surface area contributed by atoms with E-state index in [1.807, 2.05) is 25.1 Å². The fraction of sp³-hybridized carbons (Fsp3) is 0.250. The van der Waals surface area contributed by atoms with Gasteiger partial charge in [0.2, 0.25) is 0 Å². The summed E-state index contributed by atoms with van der Waals surface area (Å²) in [5.41, 5.74) is 4.01. The minimum atomic E-state index is -0.253. The van der Waals surface area contributed by atoms with Gasteiger partial charge in [-0.25, -0.2) is 0 Å². The molecule has 3 nitrogen and oxygen atoms in total. The minimum absolute atomic E-state index is 0.253. The molecule has 2 heterocycles. The number of para-hydroxylation sites is 1. The van der Waals surface area contributed by atoms with Gasteiger partial charge in [-0.3, -0.25) is 0 Å². The second kappa shape index (κ2) is 6.78. The van der Waals surface area contributed by atoms with E-state index in [4.69, 9.17) is 13.6 Å². The Morgan fingerprint density at radius 1 is 1.03 bits per heavy atom. The standard InChI is InChI=1S/C24H20Br2O3/c1-13-10-17-23(28-13)21-15-11-14(25)12-18(26)22(15)29-20(21)8-9-24(17,2)16-6-4-5-7-19(16)27-3/h4-7,10-12H,8-9H2,1-3H3/t24-/m1/s1. The molecule has 5 heteroatoms. The highest BCUT2D eigenvalue weighted by atomic mass is 79.9. The van der Waals surface area contributed by atoms with Crippen LogP contribution in [0, 0.1) is 6.92 Å². The first kappa shape index (κ1) is 19.0. The third-order valence-corrected chi connectivity index (χ3v) is 7.06. The summed E-state index contributed by atoms with van der Waals surface area (Å²) in [5, 5.41) is 1.06. The van der Waals surface area contributed by atoms with Gasteiger partial charge >= 0.3 is 0 Å². The van der Waals surface area contributed by atoms with E-state index < -0.39 is 0 Å². The molecule has 0 fully saturated rings. The summed E-state index contributed by atoms with van der Waals surface area (Å²) in [7, 11) is 1.73. The number of rotatable bonds is 2. The molecule has 0 aliphatic heterocycles. The highest BCUT2D eigenvalue weighted by molar-refractivity contribution is 9.11. The van der Waals surface area contributed by atoms with Crippen molar-refractivity contribution in [3.05, 3.63) is 74.1 Å². The van der Waals surface area contributed by atoms with Gasteiger partial charge in [0.1, 0.15) is 28.6 Å². The number of benzene rings is 2. The van der Waals surface area contributed by atoms with Crippen LogP contribution in [0.5, 0.6) is 5.75 Å². The first-order chi connectivity index (χ1) is 13.9. The van der Waals surface area contributed by atoms with Crippen LogP contribution in [0.4, 0.5) is 0 Å². The van der Waals surface area contributed by atoms with E-state index in [-0.39, 0.29) is 5.41 Å². The van der Waals surface area contributed by atoms with Crippen LogP contribution in [0.2, 0.25) is 0 Å². The lowest BCUT2D eigenvalue weighted by Crippen LogP contribution is -2.24. The van der Waals surface area contributed by atoms with Gasteiger partial charge in [0.15, 0.2) is 0 Å². The highest BCUT2D eigenvalue weighted by Gasteiger charge is 2.40. The molecule has 0 bridgehead atoms. The van der Waals surface area contributed by atoms with Crippen LogP contribution in [0.3, 0.4) is 0 Å². The van der Waals surface area contributed by atoms with Crippen LogP contribution in [-0.4, -0.2) is 7.11 Å². The van der Waals surface area contributed by atoms with E-state index in [2.05, 4.69) is 63.0 Å². The van der Waals surface area contributed by atoms with Gasteiger partial charge in [-0.05, 0) is 53.5 Å². The van der Waals surface area contributed by atoms with Crippen molar-refractivity contribution < 1.29 is 13.6 Å². The van der Waals surface area contributed by atoms with Gasteiger partial charge in [0.05, 0.1) is 17.1 Å². The molecule has 0 N–H and O–H groups in total. The van der Waals surface area contributed by atoms with Crippen molar-refractivity contribution in [3.63, 3.8) is 0 Å². The highest BCUT2D eigenvalue weighted by Crippen LogP contribution is 2.52. The molecule has 0 amide bonds. The zero-order chi connectivity index (χ0) is 20.3. The van der Waals surface area contributed by atoms with E-state index in [0.717, 1.165) is 61.4 Å². The van der Waals surface area contributed by atoms with E-state index >= 15 is 0 Å². The summed E-state index contributed by atoms with van der Waals surface area (Å²) in [5.74, 6) is 3.65. The predicted octanol–water partition coefficient (Wildman–Crippen LogP) is 7.79. The van der Waals surface area contributed by atoms with Gasteiger partial charge in [-0.2, -0.15) is 0 Å². The van der Waals surface area contributed by atoms with Crippen molar-refractivity contribution in [1.82, 2.24) is 0 Å². The van der Waals surface area contributed by atoms with E-state index in [1.54, 1.807) is 7.11 Å². The summed E-state index contributed by atoms with van der Waals surface area (Å²) in [6, 6.07) is 14.6. The van der Waals surface area contributed by atoms with Crippen molar-refractivity contribution in [2.75, 3.05) is 7.11 Å². The number of ether oxygens (including phenoxy) is 1. The molecule has 0 radical (unpaired) electrons. The first-order valence-corrected chi connectivity index (χ1v) is 11.2. The van der Waals surface area contributed by atoms with E-state index in [9.17, 15) is 0 Å². The maximum atomic E-state index is 6.35. The normalized spacial score (nSPS) is 18.4. The lowest BCUT2D eigenvalue weighted by atomic mass is 9.73. The molecule has 2 aromatic heterocycles. The zero-order valence-electron chi connectivity index (χ0n) is 16.4. The van der Waals surface area contributed by atoms with Crippen LogP contribution in [-0.2, 0) is 11.8 Å². The summed E-state index contributed by atoms with van der Waals surface area (Å²) >= 11 is 7.27. The van der Waals surface area contributed by atoms with E-state index in [0.29, 0.717) is 0 Å². The molecule has 2 aromatic carbocycles. The lowest BCUT2D eigenvalue weighted by molar-refractivity contribution is 0.390. The Balaban J connectivity index is 1.83. The molecule has 0 spiro atoms. The molecule has 1 aliphatic rings. The van der Waals surface area contributed by atoms with Crippen LogP contribution in [0.25, 0.3) is 22.3 Å². The SMILES string of the molecule is COc1ccccc1[C@@]1(C)CCc2oc3c(Br)cc(Br)cc3c2-c2oc(C)cc21. The molecular formula is C24H20Br2O3. The Bertz CT molecular complexity index is 1250. The summed E-state index contributed by atoms with van der Waals surface area (Å²) < 4.78 is 20.3. The van der Waals surface area contributed by atoms with Crippen molar-refractivity contribution in [2.24, 2.45) is 0 Å². The Morgan fingerprint density at radius 2 is 1.83 bits per heavy atom. The molecule has 1 aliphatic carbocycles. The fourth-order valence-electron chi connectivity index (χ4n) is 4.59. The predicted molar refractivity (Wildman–Crippen MR) is 122 cm³/mol. The Morgan fingerprint density at radius 3 is 2.62 bits per heavy atom. The van der Waals surface area contributed by atoms with Crippen molar-refractivity contribution in [3.8, 4) is 17.1 Å². The lowest BCUT2D eigenvalue weighted by Gasteiger charge is -2.30. The molecule has 1 atom stereocenters. The number of fused-ring (bicyclic) bond motifs is 5. The molecule has 4 aromatic rings. The Hall–Kier alpha value is -1.98. The smallest absolute Gasteiger partial charge is 0.149 e. The van der Waals surface area contributed by atoms with Crippen LogP contribution in [0.15, 0.2) is 60.2 Å². The third kappa shape index (κ3) is 2.82. The van der Waals surface area contributed by atoms with Gasteiger partial charge in [0.25, 0.3) is 0 Å². The second-order valence-electron chi connectivity index (χ2n) is 7.80. The molecular weight excluding hydrogens is 496 g/mol. The van der Waals surface area contributed by atoms with Crippen molar-refractivity contribution in [2.45, 2.75) is 32.1 Å². The van der Waals surface area contributed by atoms with Crippen LogP contribution < -0.4 is 4.74 Å². The number of hydrogen-bond donors (Lipinski definition) is 0. The van der Waals surface area contributed by atoms with Gasteiger partial charge < -0.3 is 13.6 Å². The average Bonchev–Trinajstić information content (AvgIpc) is 3.23. The Labute approximate surface area is 186 Å². The summed E-state index contributed by atoms with van der Waals surface area (Å²) in [6.07, 6.45) is 1.71. The topological polar surface area (TPSA) is 35.5 Å². The largest absolute Gasteiger partial charge is 0.496 e. The quantitative estimate of drug-likeness (QED) is 0.273. The third-order valence-electron chi connectivity index (χ3n) is 6.01. The number of methoxy groups -OCH3 is 1. The summed E-state index contributed by atoms with van der Waals surface area (Å²) in [4.78, 5) is 0. The number of halogens is 2. The number of furan rings is 2. The monoisotopic (exact) mass is 514 g/mol.